The number of aryl methyl sites for hydroxylation is 1. The first-order valence-corrected chi connectivity index (χ1v) is 8.40. The third-order valence-electron chi connectivity index (χ3n) is 3.63. The van der Waals surface area contributed by atoms with Crippen molar-refractivity contribution < 1.29 is 9.21 Å². The van der Waals surface area contributed by atoms with E-state index in [4.69, 9.17) is 16.6 Å². The lowest BCUT2D eigenvalue weighted by molar-refractivity contribution is -0.122. The molecule has 3 rings (SSSR count). The van der Waals surface area contributed by atoms with Crippen molar-refractivity contribution in [2.75, 3.05) is 6.54 Å². The molecule has 0 bridgehead atoms. The number of nitrogens with zero attached hydrogens (tertiary/aromatic N) is 1. The molecule has 2 aromatic rings. The predicted octanol–water partition coefficient (Wildman–Crippen LogP) is 4.10. The summed E-state index contributed by atoms with van der Waals surface area (Å²) in [5, 5.41) is 3.35. The molecule has 0 saturated carbocycles. The van der Waals surface area contributed by atoms with E-state index < -0.39 is 0 Å². The van der Waals surface area contributed by atoms with E-state index in [0.717, 1.165) is 21.4 Å². The summed E-state index contributed by atoms with van der Waals surface area (Å²) in [4.78, 5) is 13.7. The van der Waals surface area contributed by atoms with Crippen molar-refractivity contribution in [3.8, 4) is 11.3 Å². The van der Waals surface area contributed by atoms with Crippen LogP contribution in [-0.2, 0) is 4.79 Å². The quantitative estimate of drug-likeness (QED) is 0.632. The number of hydrogen-bond donors (Lipinski definition) is 1. The first kappa shape index (κ1) is 16.0. The number of furan rings is 1. The molecule has 1 aliphatic rings. The highest BCUT2D eigenvalue weighted by atomic mass is 79.9. The molecule has 4 nitrogen and oxygen atoms in total. The van der Waals surface area contributed by atoms with Crippen molar-refractivity contribution in [3.05, 3.63) is 51.8 Å². The minimum absolute atomic E-state index is 0.130. The molecular formula is C17H15BrN2O2S. The van der Waals surface area contributed by atoms with Gasteiger partial charge >= 0.3 is 0 Å². The van der Waals surface area contributed by atoms with Crippen LogP contribution in [0.5, 0.6) is 0 Å². The fraction of sp³-hybridized carbons (Fsp3) is 0.176. The molecule has 0 unspecified atom stereocenters. The third kappa shape index (κ3) is 3.09. The lowest BCUT2D eigenvalue weighted by Crippen LogP contribution is -2.30. The minimum Gasteiger partial charge on any atom is -0.457 e. The Morgan fingerprint density at radius 3 is 2.78 bits per heavy atom. The molecule has 0 spiro atoms. The Hall–Kier alpha value is -1.92. The Bertz CT molecular complexity index is 826. The van der Waals surface area contributed by atoms with Crippen molar-refractivity contribution in [2.45, 2.75) is 13.8 Å². The van der Waals surface area contributed by atoms with Crippen molar-refractivity contribution in [1.82, 2.24) is 10.2 Å². The van der Waals surface area contributed by atoms with Crippen molar-refractivity contribution in [2.24, 2.45) is 0 Å². The number of carbonyl (C=O) groups is 1. The molecule has 2 heterocycles. The van der Waals surface area contributed by atoms with E-state index >= 15 is 0 Å². The van der Waals surface area contributed by atoms with E-state index in [-0.39, 0.29) is 5.91 Å². The molecular weight excluding hydrogens is 376 g/mol. The second-order valence-electron chi connectivity index (χ2n) is 5.20. The van der Waals surface area contributed by atoms with Gasteiger partial charge in [0.1, 0.15) is 17.2 Å². The highest BCUT2D eigenvalue weighted by Crippen LogP contribution is 2.27. The number of thiocarbonyl (C=S) groups is 1. The molecule has 1 N–H and O–H groups in total. The van der Waals surface area contributed by atoms with Crippen molar-refractivity contribution in [3.63, 3.8) is 0 Å². The average Bonchev–Trinajstić information content (AvgIpc) is 3.08. The van der Waals surface area contributed by atoms with Gasteiger partial charge in [0.05, 0.1) is 0 Å². The number of amides is 1. The molecule has 1 fully saturated rings. The molecule has 6 heteroatoms. The number of hydrogen-bond acceptors (Lipinski definition) is 3. The van der Waals surface area contributed by atoms with E-state index in [1.54, 1.807) is 6.08 Å². The minimum atomic E-state index is -0.130. The lowest BCUT2D eigenvalue weighted by Gasteiger charge is -2.08. The zero-order chi connectivity index (χ0) is 16.6. The summed E-state index contributed by atoms with van der Waals surface area (Å²) >= 11 is 8.62. The highest BCUT2D eigenvalue weighted by Gasteiger charge is 2.29. The summed E-state index contributed by atoms with van der Waals surface area (Å²) < 4.78 is 6.89. The maximum atomic E-state index is 12.2. The van der Waals surface area contributed by atoms with E-state index in [0.29, 0.717) is 23.1 Å². The average molecular weight is 391 g/mol. The normalized spacial score (nSPS) is 16.3. The zero-order valence-electron chi connectivity index (χ0n) is 12.7. The van der Waals surface area contributed by atoms with Gasteiger partial charge in [-0.2, -0.15) is 0 Å². The molecule has 0 atom stereocenters. The van der Waals surface area contributed by atoms with E-state index in [9.17, 15) is 4.79 Å². The van der Waals surface area contributed by atoms with Gasteiger partial charge in [0, 0.05) is 22.7 Å². The maximum absolute atomic E-state index is 12.2. The van der Waals surface area contributed by atoms with Crippen molar-refractivity contribution >= 4 is 45.2 Å². The Labute approximate surface area is 148 Å². The van der Waals surface area contributed by atoms with Gasteiger partial charge in [0.25, 0.3) is 5.91 Å². The summed E-state index contributed by atoms with van der Waals surface area (Å²) in [6.07, 6.45) is 1.68. The van der Waals surface area contributed by atoms with Gasteiger partial charge in [0.2, 0.25) is 0 Å². The van der Waals surface area contributed by atoms with Crippen LogP contribution in [0.4, 0.5) is 0 Å². The second-order valence-corrected chi connectivity index (χ2v) is 6.44. The van der Waals surface area contributed by atoms with Crippen LogP contribution in [0.1, 0.15) is 18.2 Å². The van der Waals surface area contributed by atoms with Crippen LogP contribution in [0.3, 0.4) is 0 Å². The first-order chi connectivity index (χ1) is 11.0. The van der Waals surface area contributed by atoms with Crippen LogP contribution in [0.15, 0.2) is 44.9 Å². The second kappa shape index (κ2) is 6.29. The topological polar surface area (TPSA) is 45.5 Å². The Balaban J connectivity index is 1.88. The summed E-state index contributed by atoms with van der Waals surface area (Å²) in [7, 11) is 0. The van der Waals surface area contributed by atoms with Gasteiger partial charge in [-0.05, 0) is 55.9 Å². The fourth-order valence-electron chi connectivity index (χ4n) is 2.38. The monoisotopic (exact) mass is 390 g/mol. The van der Waals surface area contributed by atoms with Gasteiger partial charge in [0.15, 0.2) is 5.11 Å². The van der Waals surface area contributed by atoms with Crippen LogP contribution in [-0.4, -0.2) is 22.5 Å². The molecule has 0 aliphatic carbocycles. The Morgan fingerprint density at radius 2 is 2.13 bits per heavy atom. The highest BCUT2D eigenvalue weighted by molar-refractivity contribution is 9.10. The summed E-state index contributed by atoms with van der Waals surface area (Å²) in [5.74, 6) is 1.24. The summed E-state index contributed by atoms with van der Waals surface area (Å²) in [6, 6.07) is 9.76. The van der Waals surface area contributed by atoms with E-state index in [1.165, 1.54) is 4.90 Å². The van der Waals surface area contributed by atoms with E-state index in [2.05, 4.69) is 21.2 Å². The zero-order valence-corrected chi connectivity index (χ0v) is 15.1. The number of halogens is 1. The standard InChI is InChI=1S/C17H15BrN2O2S/c1-3-20-16(21)14(19-17(20)23)9-12-5-7-15(22-12)11-4-6-13(18)10(2)8-11/h4-9H,3H2,1-2H3,(H,19,23)/b14-9-. The third-order valence-corrected chi connectivity index (χ3v) is 4.85. The number of rotatable bonds is 3. The van der Waals surface area contributed by atoms with Crippen LogP contribution < -0.4 is 5.32 Å². The molecule has 23 heavy (non-hydrogen) atoms. The fourth-order valence-corrected chi connectivity index (χ4v) is 2.95. The van der Waals surface area contributed by atoms with Crippen LogP contribution in [0.25, 0.3) is 17.4 Å². The smallest absolute Gasteiger partial charge is 0.276 e. The SMILES string of the molecule is CCN1C(=O)/C(=C/c2ccc(-c3ccc(Br)c(C)c3)o2)NC1=S. The number of likely N-dealkylation sites (N-methyl/N-ethyl adjacent to an activating group) is 1. The van der Waals surface area contributed by atoms with Crippen molar-refractivity contribution in [1.29, 1.82) is 0 Å². The Morgan fingerprint density at radius 1 is 1.35 bits per heavy atom. The molecule has 1 aromatic heterocycles. The number of nitrogens with one attached hydrogen (secondary N) is 1. The molecule has 118 valence electrons. The van der Waals surface area contributed by atoms with Gasteiger partial charge < -0.3 is 9.73 Å². The molecule has 1 aliphatic heterocycles. The van der Waals surface area contributed by atoms with E-state index in [1.807, 2.05) is 44.2 Å². The van der Waals surface area contributed by atoms with Gasteiger partial charge in [-0.25, -0.2) is 0 Å². The summed E-state index contributed by atoms with van der Waals surface area (Å²) in [6.45, 7) is 4.46. The maximum Gasteiger partial charge on any atom is 0.276 e. The molecule has 1 amide bonds. The van der Waals surface area contributed by atoms with Gasteiger partial charge in [-0.3, -0.25) is 9.69 Å². The summed E-state index contributed by atoms with van der Waals surface area (Å²) in [5.41, 5.74) is 2.56. The lowest BCUT2D eigenvalue weighted by atomic mass is 10.1. The first-order valence-electron chi connectivity index (χ1n) is 7.20. The van der Waals surface area contributed by atoms with Gasteiger partial charge in [-0.1, -0.05) is 22.0 Å². The number of benzene rings is 1. The molecule has 1 saturated heterocycles. The largest absolute Gasteiger partial charge is 0.457 e. The Kier molecular flexibility index (Phi) is 4.37. The van der Waals surface area contributed by atoms with Crippen LogP contribution >= 0.6 is 28.1 Å². The number of carbonyl (C=O) groups excluding carboxylic acids is 1. The van der Waals surface area contributed by atoms with Crippen LogP contribution in [0.2, 0.25) is 0 Å². The molecule has 0 radical (unpaired) electrons. The predicted molar refractivity (Wildman–Crippen MR) is 97.7 cm³/mol. The van der Waals surface area contributed by atoms with Crippen LogP contribution in [0, 0.1) is 6.92 Å². The van der Waals surface area contributed by atoms with Gasteiger partial charge in [-0.15, -0.1) is 0 Å². The molecule has 1 aromatic carbocycles.